The molecule has 1 atom stereocenters. The van der Waals surface area contributed by atoms with E-state index >= 15 is 0 Å². The van der Waals surface area contributed by atoms with Crippen LogP contribution in [-0.4, -0.2) is 88.9 Å². The first kappa shape index (κ1) is 21.1. The summed E-state index contributed by atoms with van der Waals surface area (Å²) in [6.45, 7) is 7.66. The third-order valence-electron chi connectivity index (χ3n) is 5.77. The fourth-order valence-electron chi connectivity index (χ4n) is 4.15. The van der Waals surface area contributed by atoms with E-state index in [0.29, 0.717) is 12.5 Å². The van der Waals surface area contributed by atoms with E-state index in [-0.39, 0.29) is 12.5 Å². The first-order chi connectivity index (χ1) is 13.7. The van der Waals surface area contributed by atoms with Crippen molar-refractivity contribution < 1.29 is 9.53 Å². The zero-order valence-corrected chi connectivity index (χ0v) is 17.2. The Morgan fingerprint density at radius 1 is 1.14 bits per heavy atom. The quantitative estimate of drug-likeness (QED) is 0.654. The van der Waals surface area contributed by atoms with E-state index in [0.717, 1.165) is 58.1 Å². The van der Waals surface area contributed by atoms with Gasteiger partial charge in [0, 0.05) is 26.7 Å². The summed E-state index contributed by atoms with van der Waals surface area (Å²) in [6, 6.07) is 0. The largest absolute Gasteiger partial charge is 0.383 e. The molecule has 2 aliphatic heterocycles. The predicted molar refractivity (Wildman–Crippen MR) is 106 cm³/mol. The second-order valence-electron chi connectivity index (χ2n) is 8.05. The summed E-state index contributed by atoms with van der Waals surface area (Å²) >= 11 is 0. The van der Waals surface area contributed by atoms with Crippen LogP contribution in [0.3, 0.4) is 0 Å². The summed E-state index contributed by atoms with van der Waals surface area (Å²) < 4.78 is 6.82. The van der Waals surface area contributed by atoms with Crippen molar-refractivity contribution in [3.8, 4) is 0 Å². The molecule has 1 amide bonds. The lowest BCUT2D eigenvalue weighted by molar-refractivity contribution is -0.122. The highest BCUT2D eigenvalue weighted by Crippen LogP contribution is 2.15. The summed E-state index contributed by atoms with van der Waals surface area (Å²) in [5.74, 6) is 1.26. The van der Waals surface area contributed by atoms with Gasteiger partial charge in [-0.05, 0) is 61.7 Å². The number of aromatic nitrogens is 4. The summed E-state index contributed by atoms with van der Waals surface area (Å²) in [6.07, 6.45) is 7.39. The molecule has 2 aliphatic rings. The third kappa shape index (κ3) is 6.79. The number of amides is 1. The van der Waals surface area contributed by atoms with Crippen molar-refractivity contribution in [2.75, 3.05) is 53.0 Å². The number of rotatable bonds is 9. The van der Waals surface area contributed by atoms with Gasteiger partial charge in [0.05, 0.1) is 13.2 Å². The molecule has 28 heavy (non-hydrogen) atoms. The molecule has 1 aromatic heterocycles. The number of nitrogens with zero attached hydrogens (tertiary/aromatic N) is 6. The maximum absolute atomic E-state index is 12.4. The number of piperidine rings is 1. The second-order valence-corrected chi connectivity index (χ2v) is 8.05. The van der Waals surface area contributed by atoms with Gasteiger partial charge < -0.3 is 15.0 Å². The number of tetrazole rings is 1. The molecule has 0 unspecified atom stereocenters. The summed E-state index contributed by atoms with van der Waals surface area (Å²) in [5.41, 5.74) is 0. The SMILES string of the molecule is COCCN1CCC[C@H](CNC(=O)Cn2nnnc2CN2CCCCCC2)C1. The minimum absolute atomic E-state index is 0.0153. The molecule has 0 saturated carbocycles. The average molecular weight is 394 g/mol. The van der Waals surface area contributed by atoms with E-state index in [1.165, 1.54) is 32.1 Å². The van der Waals surface area contributed by atoms with Crippen LogP contribution >= 0.6 is 0 Å². The summed E-state index contributed by atoms with van der Waals surface area (Å²) in [7, 11) is 1.74. The fraction of sp³-hybridized carbons (Fsp3) is 0.895. The second kappa shape index (κ2) is 11.4. The van der Waals surface area contributed by atoms with Gasteiger partial charge >= 0.3 is 0 Å². The lowest BCUT2D eigenvalue weighted by atomic mass is 9.98. The van der Waals surface area contributed by atoms with Crippen LogP contribution < -0.4 is 5.32 Å². The molecule has 3 rings (SSSR count). The molecule has 2 saturated heterocycles. The molecule has 0 aromatic carbocycles. The Labute approximate surface area is 167 Å². The van der Waals surface area contributed by atoms with Gasteiger partial charge in [0.1, 0.15) is 6.54 Å². The van der Waals surface area contributed by atoms with Crippen molar-refractivity contribution in [2.45, 2.75) is 51.6 Å². The molecule has 0 spiro atoms. The van der Waals surface area contributed by atoms with Gasteiger partial charge in [-0.15, -0.1) is 5.10 Å². The van der Waals surface area contributed by atoms with Crippen LogP contribution in [0.25, 0.3) is 0 Å². The van der Waals surface area contributed by atoms with E-state index in [9.17, 15) is 4.79 Å². The topological polar surface area (TPSA) is 88.4 Å². The molecule has 1 aromatic rings. The molecule has 1 N–H and O–H groups in total. The zero-order valence-electron chi connectivity index (χ0n) is 17.2. The third-order valence-corrected chi connectivity index (χ3v) is 5.77. The highest BCUT2D eigenvalue weighted by atomic mass is 16.5. The van der Waals surface area contributed by atoms with E-state index < -0.39 is 0 Å². The average Bonchev–Trinajstić information content (AvgIpc) is 2.97. The lowest BCUT2D eigenvalue weighted by Crippen LogP contribution is -2.42. The highest BCUT2D eigenvalue weighted by Gasteiger charge is 2.21. The Bertz CT molecular complexity index is 587. The van der Waals surface area contributed by atoms with Crippen LogP contribution in [0.15, 0.2) is 0 Å². The lowest BCUT2D eigenvalue weighted by Gasteiger charge is -2.32. The zero-order chi connectivity index (χ0) is 19.6. The Balaban J connectivity index is 1.42. The number of carbonyl (C=O) groups is 1. The molecule has 0 radical (unpaired) electrons. The highest BCUT2D eigenvalue weighted by molar-refractivity contribution is 5.75. The van der Waals surface area contributed by atoms with Crippen molar-refractivity contribution in [3.05, 3.63) is 5.82 Å². The Morgan fingerprint density at radius 2 is 1.93 bits per heavy atom. The predicted octanol–water partition coefficient (Wildman–Crippen LogP) is 0.524. The van der Waals surface area contributed by atoms with Gasteiger partial charge in [0.15, 0.2) is 5.82 Å². The minimum Gasteiger partial charge on any atom is -0.383 e. The van der Waals surface area contributed by atoms with E-state index in [4.69, 9.17) is 4.74 Å². The van der Waals surface area contributed by atoms with Gasteiger partial charge in [-0.25, -0.2) is 4.68 Å². The van der Waals surface area contributed by atoms with Gasteiger partial charge in [0.25, 0.3) is 0 Å². The number of likely N-dealkylation sites (tertiary alicyclic amines) is 2. The number of hydrogen-bond donors (Lipinski definition) is 1. The van der Waals surface area contributed by atoms with Crippen molar-refractivity contribution in [2.24, 2.45) is 5.92 Å². The van der Waals surface area contributed by atoms with Crippen LogP contribution in [0.4, 0.5) is 0 Å². The van der Waals surface area contributed by atoms with Crippen molar-refractivity contribution in [3.63, 3.8) is 0 Å². The van der Waals surface area contributed by atoms with Gasteiger partial charge in [-0.1, -0.05) is 12.8 Å². The fourth-order valence-corrected chi connectivity index (χ4v) is 4.15. The summed E-state index contributed by atoms with van der Waals surface area (Å²) in [5, 5.41) is 15.0. The van der Waals surface area contributed by atoms with Crippen molar-refractivity contribution >= 4 is 5.91 Å². The van der Waals surface area contributed by atoms with Gasteiger partial charge in [-0.2, -0.15) is 0 Å². The summed E-state index contributed by atoms with van der Waals surface area (Å²) in [4.78, 5) is 17.2. The molecule has 9 heteroatoms. The molecule has 3 heterocycles. The number of carbonyl (C=O) groups excluding carboxylic acids is 1. The maximum atomic E-state index is 12.4. The van der Waals surface area contributed by atoms with Crippen molar-refractivity contribution in [1.29, 1.82) is 0 Å². The smallest absolute Gasteiger partial charge is 0.241 e. The Hall–Kier alpha value is -1.58. The molecule has 0 aliphatic carbocycles. The molecular weight excluding hydrogens is 358 g/mol. The maximum Gasteiger partial charge on any atom is 0.241 e. The normalized spacial score (nSPS) is 22.1. The van der Waals surface area contributed by atoms with Crippen LogP contribution in [0, 0.1) is 5.92 Å². The molecule has 158 valence electrons. The van der Waals surface area contributed by atoms with Crippen LogP contribution in [-0.2, 0) is 22.6 Å². The van der Waals surface area contributed by atoms with Gasteiger partial charge in [0.2, 0.25) is 5.91 Å². The minimum atomic E-state index is -0.0153. The van der Waals surface area contributed by atoms with Crippen LogP contribution in [0.5, 0.6) is 0 Å². The van der Waals surface area contributed by atoms with Crippen LogP contribution in [0.2, 0.25) is 0 Å². The van der Waals surface area contributed by atoms with E-state index in [1.54, 1.807) is 11.8 Å². The number of methoxy groups -OCH3 is 1. The van der Waals surface area contributed by atoms with Crippen LogP contribution in [0.1, 0.15) is 44.3 Å². The van der Waals surface area contributed by atoms with E-state index in [1.807, 2.05) is 0 Å². The number of nitrogens with one attached hydrogen (secondary N) is 1. The first-order valence-electron chi connectivity index (χ1n) is 10.7. The molecule has 0 bridgehead atoms. The molecule has 2 fully saturated rings. The van der Waals surface area contributed by atoms with Gasteiger partial charge in [-0.3, -0.25) is 9.69 Å². The molecule has 9 nitrogen and oxygen atoms in total. The standard InChI is InChI=1S/C19H35N7O2/c1-28-12-11-25-10-6-7-17(14-25)13-20-19(27)16-26-18(21-22-23-26)15-24-8-4-2-3-5-9-24/h17H,2-16H2,1H3,(H,20,27)/t17-/m1/s1. The Morgan fingerprint density at radius 3 is 2.71 bits per heavy atom. The van der Waals surface area contributed by atoms with E-state index in [2.05, 4.69) is 30.6 Å². The molecular formula is C19H35N7O2. The first-order valence-corrected chi connectivity index (χ1v) is 10.7. The number of ether oxygens (including phenoxy) is 1. The van der Waals surface area contributed by atoms with Crippen molar-refractivity contribution in [1.82, 2.24) is 35.3 Å². The Kier molecular flexibility index (Phi) is 8.63. The monoisotopic (exact) mass is 393 g/mol. The number of hydrogen-bond acceptors (Lipinski definition) is 7.